The van der Waals surface area contributed by atoms with Crippen molar-refractivity contribution in [3.63, 3.8) is 0 Å². The lowest BCUT2D eigenvalue weighted by Gasteiger charge is -2.21. The lowest BCUT2D eigenvalue weighted by Crippen LogP contribution is -2.09. The summed E-state index contributed by atoms with van der Waals surface area (Å²) in [5.74, 6) is 0.614. The van der Waals surface area contributed by atoms with Crippen molar-refractivity contribution in [1.29, 1.82) is 0 Å². The molecule has 106 valence electrons. The fraction of sp³-hybridized carbons (Fsp3) is 0.294. The highest BCUT2D eigenvalue weighted by Gasteiger charge is 2.16. The summed E-state index contributed by atoms with van der Waals surface area (Å²) < 4.78 is 0. The highest BCUT2D eigenvalue weighted by atomic mass is 16.3. The molecule has 0 saturated carbocycles. The van der Waals surface area contributed by atoms with Gasteiger partial charge in [-0.15, -0.1) is 0 Å². The number of phenolic OH excluding ortho intramolecular Hbond substituents is 2. The molecule has 0 saturated heterocycles. The van der Waals surface area contributed by atoms with E-state index in [1.807, 2.05) is 25.1 Å². The monoisotopic (exact) mass is 271 g/mol. The van der Waals surface area contributed by atoms with E-state index in [1.165, 1.54) is 5.56 Å². The number of rotatable bonds is 4. The molecule has 0 aromatic heterocycles. The van der Waals surface area contributed by atoms with Gasteiger partial charge in [-0.05, 0) is 36.6 Å². The first-order valence-corrected chi connectivity index (χ1v) is 6.87. The molecule has 20 heavy (non-hydrogen) atoms. The number of nitrogens with one attached hydrogen (secondary N) is 1. The summed E-state index contributed by atoms with van der Waals surface area (Å²) in [5, 5.41) is 23.2. The lowest BCUT2D eigenvalue weighted by atomic mass is 9.99. The third-order valence-electron chi connectivity index (χ3n) is 3.45. The normalized spacial score (nSPS) is 12.4. The zero-order valence-electron chi connectivity index (χ0n) is 12.1. The Morgan fingerprint density at radius 3 is 2.05 bits per heavy atom. The van der Waals surface area contributed by atoms with Crippen LogP contribution in [-0.2, 0) is 0 Å². The van der Waals surface area contributed by atoms with E-state index in [1.54, 1.807) is 18.2 Å². The first-order valence-electron chi connectivity index (χ1n) is 6.87. The van der Waals surface area contributed by atoms with Gasteiger partial charge in [0, 0.05) is 5.69 Å². The maximum Gasteiger partial charge on any atom is 0.124 e. The highest BCUT2D eigenvalue weighted by Crippen LogP contribution is 2.35. The summed E-state index contributed by atoms with van der Waals surface area (Å²) in [4.78, 5) is 0. The molecule has 0 radical (unpaired) electrons. The van der Waals surface area contributed by atoms with Gasteiger partial charge in [0.15, 0.2) is 0 Å². The topological polar surface area (TPSA) is 52.5 Å². The second-order valence-electron chi connectivity index (χ2n) is 5.32. The van der Waals surface area contributed by atoms with Crippen LogP contribution in [0.15, 0.2) is 42.5 Å². The summed E-state index contributed by atoms with van der Waals surface area (Å²) >= 11 is 0. The molecule has 0 spiro atoms. The molecule has 2 aromatic rings. The molecule has 0 aliphatic carbocycles. The van der Waals surface area contributed by atoms with Gasteiger partial charge in [-0.25, -0.2) is 0 Å². The standard InChI is InChI=1S/C17H21NO2/c1-11(2)13-7-4-5-8-14(13)18-12(3)17-15(19)9-6-10-16(17)20/h4-12,18-20H,1-3H3. The molecule has 2 rings (SSSR count). The second kappa shape index (κ2) is 5.87. The van der Waals surface area contributed by atoms with Crippen molar-refractivity contribution >= 4 is 5.69 Å². The predicted octanol–water partition coefficient (Wildman–Crippen LogP) is 4.39. The van der Waals surface area contributed by atoms with Crippen LogP contribution in [0.4, 0.5) is 5.69 Å². The molecule has 0 bridgehead atoms. The number of aromatic hydroxyl groups is 2. The molecule has 3 N–H and O–H groups in total. The van der Waals surface area contributed by atoms with Crippen LogP contribution in [-0.4, -0.2) is 10.2 Å². The molecule has 0 aliphatic rings. The summed E-state index contributed by atoms with van der Waals surface area (Å²) in [5.41, 5.74) is 2.76. The van der Waals surface area contributed by atoms with Crippen LogP contribution < -0.4 is 5.32 Å². The smallest absolute Gasteiger partial charge is 0.124 e. The molecule has 1 unspecified atom stereocenters. The van der Waals surface area contributed by atoms with Gasteiger partial charge in [0.2, 0.25) is 0 Å². The Morgan fingerprint density at radius 1 is 0.850 bits per heavy atom. The maximum absolute atomic E-state index is 9.92. The summed E-state index contributed by atoms with van der Waals surface area (Å²) in [6, 6.07) is 12.7. The number of hydrogen-bond acceptors (Lipinski definition) is 3. The SMILES string of the molecule is CC(C)c1ccccc1NC(C)c1c(O)cccc1O. The molecule has 0 heterocycles. The summed E-state index contributed by atoms with van der Waals surface area (Å²) in [6.45, 7) is 6.21. The van der Waals surface area contributed by atoms with E-state index in [0.29, 0.717) is 11.5 Å². The third-order valence-corrected chi connectivity index (χ3v) is 3.45. The Morgan fingerprint density at radius 2 is 1.45 bits per heavy atom. The first kappa shape index (κ1) is 14.3. The predicted molar refractivity (Wildman–Crippen MR) is 82.3 cm³/mol. The van der Waals surface area contributed by atoms with Crippen molar-refractivity contribution < 1.29 is 10.2 Å². The zero-order valence-corrected chi connectivity index (χ0v) is 12.1. The fourth-order valence-electron chi connectivity index (χ4n) is 2.42. The van der Waals surface area contributed by atoms with Crippen LogP contribution in [0, 0.1) is 0 Å². The molecular formula is C17H21NO2. The summed E-state index contributed by atoms with van der Waals surface area (Å²) in [6.07, 6.45) is 0. The van der Waals surface area contributed by atoms with Crippen LogP contribution >= 0.6 is 0 Å². The van der Waals surface area contributed by atoms with Crippen molar-refractivity contribution in [2.45, 2.75) is 32.7 Å². The second-order valence-corrected chi connectivity index (χ2v) is 5.32. The van der Waals surface area contributed by atoms with Gasteiger partial charge in [0.25, 0.3) is 0 Å². The first-order chi connectivity index (χ1) is 9.50. The average Bonchev–Trinajstić information content (AvgIpc) is 2.38. The van der Waals surface area contributed by atoms with Crippen LogP contribution in [0.3, 0.4) is 0 Å². The Balaban J connectivity index is 2.31. The van der Waals surface area contributed by atoms with E-state index < -0.39 is 0 Å². The van der Waals surface area contributed by atoms with Crippen molar-refractivity contribution in [2.75, 3.05) is 5.32 Å². The van der Waals surface area contributed by atoms with Gasteiger partial charge in [0.1, 0.15) is 11.5 Å². The molecule has 3 nitrogen and oxygen atoms in total. The minimum atomic E-state index is -0.184. The van der Waals surface area contributed by atoms with E-state index in [0.717, 1.165) is 5.69 Å². The minimum Gasteiger partial charge on any atom is -0.507 e. The van der Waals surface area contributed by atoms with Gasteiger partial charge in [-0.2, -0.15) is 0 Å². The Hall–Kier alpha value is -2.16. The Bertz CT molecular complexity index is 573. The number of hydrogen-bond donors (Lipinski definition) is 3. The van der Waals surface area contributed by atoms with Crippen LogP contribution in [0.5, 0.6) is 11.5 Å². The van der Waals surface area contributed by atoms with E-state index in [-0.39, 0.29) is 17.5 Å². The molecular weight excluding hydrogens is 250 g/mol. The highest BCUT2D eigenvalue weighted by molar-refractivity contribution is 5.56. The van der Waals surface area contributed by atoms with Crippen LogP contribution in [0.1, 0.15) is 43.9 Å². The third kappa shape index (κ3) is 2.87. The van der Waals surface area contributed by atoms with Gasteiger partial charge in [-0.3, -0.25) is 0 Å². The molecule has 0 fully saturated rings. The zero-order chi connectivity index (χ0) is 14.7. The molecule has 0 amide bonds. The van der Waals surface area contributed by atoms with Crippen LogP contribution in [0.2, 0.25) is 0 Å². The molecule has 2 aromatic carbocycles. The number of anilines is 1. The van der Waals surface area contributed by atoms with Gasteiger partial charge >= 0.3 is 0 Å². The number of phenols is 2. The molecule has 3 heteroatoms. The van der Waals surface area contributed by atoms with Gasteiger partial charge in [0.05, 0.1) is 11.6 Å². The average molecular weight is 271 g/mol. The number of benzene rings is 2. The lowest BCUT2D eigenvalue weighted by molar-refractivity contribution is 0.434. The number of para-hydroxylation sites is 1. The van der Waals surface area contributed by atoms with E-state index in [9.17, 15) is 10.2 Å². The van der Waals surface area contributed by atoms with Crippen molar-refractivity contribution in [3.8, 4) is 11.5 Å². The minimum absolute atomic E-state index is 0.104. The quantitative estimate of drug-likeness (QED) is 0.772. The Kier molecular flexibility index (Phi) is 4.18. The van der Waals surface area contributed by atoms with E-state index in [2.05, 4.69) is 25.2 Å². The van der Waals surface area contributed by atoms with Crippen LogP contribution in [0.25, 0.3) is 0 Å². The van der Waals surface area contributed by atoms with Gasteiger partial charge in [-0.1, -0.05) is 38.1 Å². The maximum atomic E-state index is 9.92. The largest absolute Gasteiger partial charge is 0.507 e. The molecule has 1 atom stereocenters. The van der Waals surface area contributed by atoms with Crippen molar-refractivity contribution in [3.05, 3.63) is 53.6 Å². The van der Waals surface area contributed by atoms with E-state index in [4.69, 9.17) is 0 Å². The van der Waals surface area contributed by atoms with E-state index >= 15 is 0 Å². The fourth-order valence-corrected chi connectivity index (χ4v) is 2.42. The van der Waals surface area contributed by atoms with Crippen molar-refractivity contribution in [2.24, 2.45) is 0 Å². The molecule has 0 aliphatic heterocycles. The van der Waals surface area contributed by atoms with Gasteiger partial charge < -0.3 is 15.5 Å². The van der Waals surface area contributed by atoms with Crippen molar-refractivity contribution in [1.82, 2.24) is 0 Å². The summed E-state index contributed by atoms with van der Waals surface area (Å²) in [7, 11) is 0. The Labute approximate surface area is 119 Å².